The van der Waals surface area contributed by atoms with Gasteiger partial charge in [0.15, 0.2) is 0 Å². The van der Waals surface area contributed by atoms with Gasteiger partial charge in [-0.15, -0.1) is 0 Å². The Hall–Kier alpha value is -2.68. The molecule has 0 aliphatic carbocycles. The molecule has 2 rings (SSSR count). The number of nitrogens with one attached hydrogen (secondary N) is 1. The minimum absolute atomic E-state index is 0.134. The summed E-state index contributed by atoms with van der Waals surface area (Å²) >= 11 is 0. The second-order valence-electron chi connectivity index (χ2n) is 6.02. The number of hydrogen-bond acceptors (Lipinski definition) is 4. The van der Waals surface area contributed by atoms with E-state index in [1.54, 1.807) is 19.1 Å². The third-order valence-corrected chi connectivity index (χ3v) is 5.10. The Balaban J connectivity index is 2.35. The molecule has 0 aliphatic rings. The number of halogens is 2. The van der Waals surface area contributed by atoms with Gasteiger partial charge in [-0.05, 0) is 49.7 Å². The highest BCUT2D eigenvalue weighted by molar-refractivity contribution is 7.92. The lowest BCUT2D eigenvalue weighted by atomic mass is 10.1. The molecule has 6 nitrogen and oxygen atoms in total. The Bertz CT molecular complexity index is 933. The third kappa shape index (κ3) is 5.19. The smallest absolute Gasteiger partial charge is 0.248 e. The molecule has 2 aromatic carbocycles. The van der Waals surface area contributed by atoms with Gasteiger partial charge in [-0.3, -0.25) is 9.10 Å². The Morgan fingerprint density at radius 3 is 2.29 bits per heavy atom. The van der Waals surface area contributed by atoms with Crippen molar-refractivity contribution in [2.45, 2.75) is 26.3 Å². The zero-order valence-corrected chi connectivity index (χ0v) is 16.6. The molecule has 0 radical (unpaired) electrons. The lowest BCUT2D eigenvalue weighted by Gasteiger charge is -2.30. The highest BCUT2D eigenvalue weighted by Crippen LogP contribution is 2.26. The van der Waals surface area contributed by atoms with E-state index in [0.717, 1.165) is 22.7 Å². The molecule has 9 heteroatoms. The Labute approximate surface area is 163 Å². The standard InChI is InChI=1S/C19H22F2N2O4S/c1-4-18(19(24)22-17-11-6-13(20)12-16(17)21)23(28(3,25)26)14-7-9-15(10-8-14)27-5-2/h6-12,18H,4-5H2,1-3H3,(H,22,24)/t18-/m1/s1. The van der Waals surface area contributed by atoms with Crippen molar-refractivity contribution >= 4 is 27.3 Å². The fourth-order valence-electron chi connectivity index (χ4n) is 2.72. The lowest BCUT2D eigenvalue weighted by Crippen LogP contribution is -2.47. The van der Waals surface area contributed by atoms with Crippen LogP contribution < -0.4 is 14.4 Å². The zero-order chi connectivity index (χ0) is 20.9. The summed E-state index contributed by atoms with van der Waals surface area (Å²) in [7, 11) is -3.83. The van der Waals surface area contributed by atoms with E-state index < -0.39 is 33.6 Å². The summed E-state index contributed by atoms with van der Waals surface area (Å²) in [4.78, 5) is 12.7. The van der Waals surface area contributed by atoms with Gasteiger partial charge in [-0.2, -0.15) is 0 Å². The van der Waals surface area contributed by atoms with Crippen molar-refractivity contribution in [2.24, 2.45) is 0 Å². The minimum Gasteiger partial charge on any atom is -0.494 e. The van der Waals surface area contributed by atoms with E-state index in [0.29, 0.717) is 18.4 Å². The number of carbonyl (C=O) groups excluding carboxylic acids is 1. The summed E-state index contributed by atoms with van der Waals surface area (Å²) in [6, 6.07) is 7.84. The van der Waals surface area contributed by atoms with Crippen LogP contribution in [0.15, 0.2) is 42.5 Å². The number of amides is 1. The van der Waals surface area contributed by atoms with Gasteiger partial charge in [0.1, 0.15) is 23.4 Å². The van der Waals surface area contributed by atoms with Gasteiger partial charge in [-0.1, -0.05) is 6.92 Å². The molecule has 1 atom stereocenters. The van der Waals surface area contributed by atoms with Crippen LogP contribution in [0.2, 0.25) is 0 Å². The van der Waals surface area contributed by atoms with Crippen LogP contribution in [-0.4, -0.2) is 33.2 Å². The van der Waals surface area contributed by atoms with E-state index in [1.807, 2.05) is 6.92 Å². The van der Waals surface area contributed by atoms with Gasteiger partial charge in [-0.25, -0.2) is 17.2 Å². The van der Waals surface area contributed by atoms with Crippen LogP contribution in [0.25, 0.3) is 0 Å². The van der Waals surface area contributed by atoms with Crippen molar-refractivity contribution in [3.8, 4) is 5.75 Å². The number of sulfonamides is 1. The molecule has 0 saturated carbocycles. The monoisotopic (exact) mass is 412 g/mol. The molecule has 0 aliphatic heterocycles. The highest BCUT2D eigenvalue weighted by atomic mass is 32.2. The highest BCUT2D eigenvalue weighted by Gasteiger charge is 2.32. The fourth-order valence-corrected chi connectivity index (χ4v) is 3.93. The van der Waals surface area contributed by atoms with Crippen LogP contribution in [-0.2, 0) is 14.8 Å². The molecule has 1 amide bonds. The van der Waals surface area contributed by atoms with Gasteiger partial charge < -0.3 is 10.1 Å². The molecule has 152 valence electrons. The van der Waals surface area contributed by atoms with Gasteiger partial charge in [0.2, 0.25) is 15.9 Å². The van der Waals surface area contributed by atoms with Crippen LogP contribution >= 0.6 is 0 Å². The molecule has 2 aromatic rings. The fraction of sp³-hybridized carbons (Fsp3) is 0.316. The van der Waals surface area contributed by atoms with Crippen molar-refractivity contribution in [3.63, 3.8) is 0 Å². The molecule has 0 aromatic heterocycles. The van der Waals surface area contributed by atoms with Crippen LogP contribution in [0.3, 0.4) is 0 Å². The maximum absolute atomic E-state index is 13.9. The predicted octanol–water partition coefficient (Wildman–Crippen LogP) is 3.55. The normalized spacial score (nSPS) is 12.3. The molecule has 0 fully saturated rings. The lowest BCUT2D eigenvalue weighted by molar-refractivity contribution is -0.117. The molecule has 0 saturated heterocycles. The van der Waals surface area contributed by atoms with E-state index in [-0.39, 0.29) is 17.8 Å². The van der Waals surface area contributed by atoms with E-state index >= 15 is 0 Å². The van der Waals surface area contributed by atoms with Crippen molar-refractivity contribution < 1.29 is 26.7 Å². The quantitative estimate of drug-likeness (QED) is 0.720. The number of rotatable bonds is 8. The van der Waals surface area contributed by atoms with Crippen LogP contribution in [0, 0.1) is 11.6 Å². The van der Waals surface area contributed by atoms with E-state index in [4.69, 9.17) is 4.74 Å². The SMILES string of the molecule is CCOc1ccc(N([C@H](CC)C(=O)Nc2ccc(F)cc2F)S(C)(=O)=O)cc1. The van der Waals surface area contributed by atoms with Crippen LogP contribution in [0.5, 0.6) is 5.75 Å². The van der Waals surface area contributed by atoms with Gasteiger partial charge in [0, 0.05) is 6.07 Å². The number of nitrogens with zero attached hydrogens (tertiary/aromatic N) is 1. The third-order valence-electron chi connectivity index (χ3n) is 3.92. The molecule has 0 heterocycles. The van der Waals surface area contributed by atoms with Crippen LogP contribution in [0.4, 0.5) is 20.2 Å². The first-order valence-corrected chi connectivity index (χ1v) is 10.5. The summed E-state index contributed by atoms with van der Waals surface area (Å²) in [5, 5.41) is 2.33. The van der Waals surface area contributed by atoms with E-state index in [2.05, 4.69) is 5.32 Å². The number of carbonyl (C=O) groups is 1. The molecular formula is C19H22F2N2O4S. The minimum atomic E-state index is -3.83. The summed E-state index contributed by atoms with van der Waals surface area (Å²) < 4.78 is 58.0. The predicted molar refractivity (Wildman–Crippen MR) is 104 cm³/mol. The van der Waals surface area contributed by atoms with Crippen molar-refractivity contribution in [3.05, 3.63) is 54.1 Å². The molecule has 1 N–H and O–H groups in total. The number of benzene rings is 2. The summed E-state index contributed by atoms with van der Waals surface area (Å²) in [5.41, 5.74) is 0.0394. The summed E-state index contributed by atoms with van der Waals surface area (Å²) in [6.07, 6.45) is 1.12. The number of hydrogen-bond donors (Lipinski definition) is 1. The van der Waals surface area contributed by atoms with Crippen molar-refractivity contribution in [2.75, 3.05) is 22.5 Å². The number of ether oxygens (including phenoxy) is 1. The Kier molecular flexibility index (Phi) is 6.95. The molecule has 28 heavy (non-hydrogen) atoms. The van der Waals surface area contributed by atoms with E-state index in [9.17, 15) is 22.0 Å². The Morgan fingerprint density at radius 1 is 1.14 bits per heavy atom. The van der Waals surface area contributed by atoms with Crippen molar-refractivity contribution in [1.82, 2.24) is 0 Å². The second-order valence-corrected chi connectivity index (χ2v) is 7.88. The Morgan fingerprint density at radius 2 is 1.79 bits per heavy atom. The van der Waals surface area contributed by atoms with Crippen molar-refractivity contribution in [1.29, 1.82) is 0 Å². The van der Waals surface area contributed by atoms with Gasteiger partial charge >= 0.3 is 0 Å². The summed E-state index contributed by atoms with van der Waals surface area (Å²) in [6.45, 7) is 3.92. The first kappa shape index (κ1) is 21.6. The van der Waals surface area contributed by atoms with E-state index in [1.165, 1.54) is 12.1 Å². The maximum Gasteiger partial charge on any atom is 0.248 e. The average Bonchev–Trinajstić information content (AvgIpc) is 2.62. The molecule has 0 spiro atoms. The first-order valence-electron chi connectivity index (χ1n) is 8.65. The topological polar surface area (TPSA) is 75.7 Å². The summed E-state index contributed by atoms with van der Waals surface area (Å²) in [5.74, 6) is -1.90. The van der Waals surface area contributed by atoms with Crippen LogP contribution in [0.1, 0.15) is 20.3 Å². The second kappa shape index (κ2) is 9.01. The zero-order valence-electron chi connectivity index (χ0n) is 15.8. The first-order chi connectivity index (χ1) is 13.2. The van der Waals surface area contributed by atoms with Gasteiger partial charge in [0.05, 0.1) is 24.2 Å². The molecular weight excluding hydrogens is 390 g/mol. The molecule has 0 bridgehead atoms. The maximum atomic E-state index is 13.9. The average molecular weight is 412 g/mol. The largest absolute Gasteiger partial charge is 0.494 e. The van der Waals surface area contributed by atoms with Gasteiger partial charge in [0.25, 0.3) is 0 Å². The molecule has 0 unspecified atom stereocenters. The number of anilines is 2.